The van der Waals surface area contributed by atoms with Crippen LogP contribution in [0.2, 0.25) is 5.02 Å². The first kappa shape index (κ1) is 16.3. The predicted molar refractivity (Wildman–Crippen MR) is 88.3 cm³/mol. The number of amides is 1. The zero-order valence-corrected chi connectivity index (χ0v) is 14.5. The van der Waals surface area contributed by atoms with E-state index < -0.39 is 22.6 Å². The summed E-state index contributed by atoms with van der Waals surface area (Å²) in [5.74, 6) is -0.844. The predicted octanol–water partition coefficient (Wildman–Crippen LogP) is 2.74. The van der Waals surface area contributed by atoms with Gasteiger partial charge in [0.15, 0.2) is 0 Å². The van der Waals surface area contributed by atoms with E-state index >= 15 is 0 Å². The highest BCUT2D eigenvalue weighted by Crippen LogP contribution is 2.49. The molecule has 2 heterocycles. The molecule has 3 rings (SSSR count). The van der Waals surface area contributed by atoms with Gasteiger partial charge in [0.2, 0.25) is 5.91 Å². The Morgan fingerprint density at radius 3 is 2.70 bits per heavy atom. The number of ether oxygens (including phenoxy) is 1. The van der Waals surface area contributed by atoms with Crippen LogP contribution in [-0.2, 0) is 14.3 Å². The number of anilines is 1. The van der Waals surface area contributed by atoms with Crippen molar-refractivity contribution in [3.05, 3.63) is 29.3 Å². The molecule has 5 nitrogen and oxygen atoms in total. The normalized spacial score (nSPS) is 34.8. The van der Waals surface area contributed by atoms with Gasteiger partial charge in [-0.05, 0) is 52.3 Å². The molecule has 1 aromatic carbocycles. The average molecular weight is 337 g/mol. The smallest absolute Gasteiger partial charge is 0.326 e. The van der Waals surface area contributed by atoms with Crippen LogP contribution in [0.3, 0.4) is 0 Å². The first-order valence-electron chi connectivity index (χ1n) is 7.67. The van der Waals surface area contributed by atoms with Crippen molar-refractivity contribution in [3.63, 3.8) is 0 Å². The first-order chi connectivity index (χ1) is 10.6. The summed E-state index contributed by atoms with van der Waals surface area (Å²) < 4.78 is 5.61. The van der Waals surface area contributed by atoms with Gasteiger partial charge in [0, 0.05) is 10.7 Å². The van der Waals surface area contributed by atoms with E-state index in [0.717, 1.165) is 0 Å². The molecule has 2 N–H and O–H groups in total. The molecule has 2 bridgehead atoms. The number of hydrogen-bond donors (Lipinski definition) is 2. The molecular weight excluding hydrogens is 316 g/mol. The van der Waals surface area contributed by atoms with Gasteiger partial charge in [-0.3, -0.25) is 14.9 Å². The third kappa shape index (κ3) is 2.42. The Kier molecular flexibility index (Phi) is 3.50. The van der Waals surface area contributed by atoms with Crippen molar-refractivity contribution < 1.29 is 14.3 Å². The molecule has 2 fully saturated rings. The Labute approximate surface area is 140 Å². The van der Waals surface area contributed by atoms with Crippen molar-refractivity contribution >= 4 is 29.2 Å². The van der Waals surface area contributed by atoms with Gasteiger partial charge in [0.05, 0.1) is 11.5 Å². The third-order valence-corrected chi connectivity index (χ3v) is 5.54. The molecule has 2 aliphatic heterocycles. The fourth-order valence-corrected chi connectivity index (χ4v) is 3.82. The van der Waals surface area contributed by atoms with Crippen molar-refractivity contribution in [2.24, 2.45) is 5.92 Å². The summed E-state index contributed by atoms with van der Waals surface area (Å²) in [5, 5.41) is 6.81. The molecule has 0 spiro atoms. The van der Waals surface area contributed by atoms with E-state index in [2.05, 4.69) is 10.6 Å². The minimum absolute atomic E-state index is 0.141. The van der Waals surface area contributed by atoms with Crippen LogP contribution >= 0.6 is 11.6 Å². The number of nitrogens with one attached hydrogen (secondary N) is 2. The Hall–Kier alpha value is -1.59. The Bertz CT molecular complexity index is 690. The molecular formula is C17H21ClN2O3. The minimum Gasteiger partial charge on any atom is -0.456 e. The van der Waals surface area contributed by atoms with E-state index in [1.165, 1.54) is 0 Å². The number of esters is 1. The van der Waals surface area contributed by atoms with Crippen LogP contribution in [0.1, 0.15) is 34.1 Å². The van der Waals surface area contributed by atoms with Crippen LogP contribution in [0, 0.1) is 5.92 Å². The molecule has 2 saturated heterocycles. The minimum atomic E-state index is -0.833. The summed E-state index contributed by atoms with van der Waals surface area (Å²) in [4.78, 5) is 25.1. The van der Waals surface area contributed by atoms with E-state index in [-0.39, 0.29) is 11.9 Å². The highest BCUT2D eigenvalue weighted by molar-refractivity contribution is 6.30. The molecule has 2 aliphatic rings. The zero-order chi connectivity index (χ0) is 17.0. The van der Waals surface area contributed by atoms with E-state index in [9.17, 15) is 9.59 Å². The number of morpholine rings is 1. The lowest BCUT2D eigenvalue weighted by Crippen LogP contribution is -2.70. The third-order valence-electron chi connectivity index (χ3n) is 5.30. The monoisotopic (exact) mass is 336 g/mol. The average Bonchev–Trinajstić information content (AvgIpc) is 2.70. The highest BCUT2D eigenvalue weighted by Gasteiger charge is 2.67. The maximum atomic E-state index is 12.8. The highest BCUT2D eigenvalue weighted by atomic mass is 35.5. The fraction of sp³-hybridized carbons (Fsp3) is 0.529. The SMILES string of the molecule is CC1(C)OC(=O)[C@]2(C)C[C@@H](C(=O)Nc3cccc(Cl)c3)[C@@]1(C)N2. The molecule has 6 heteroatoms. The van der Waals surface area contributed by atoms with Gasteiger partial charge < -0.3 is 10.1 Å². The number of halogens is 1. The molecule has 1 aromatic rings. The molecule has 23 heavy (non-hydrogen) atoms. The number of carbonyl (C=O) groups excluding carboxylic acids is 2. The summed E-state index contributed by atoms with van der Waals surface area (Å²) in [6, 6.07) is 7.02. The summed E-state index contributed by atoms with van der Waals surface area (Å²) >= 11 is 5.96. The lowest BCUT2D eigenvalue weighted by atomic mass is 9.74. The van der Waals surface area contributed by atoms with Crippen molar-refractivity contribution in [3.8, 4) is 0 Å². The second-order valence-corrected chi connectivity index (χ2v) is 7.75. The van der Waals surface area contributed by atoms with E-state index in [1.807, 2.05) is 20.8 Å². The molecule has 0 unspecified atom stereocenters. The van der Waals surface area contributed by atoms with Crippen molar-refractivity contribution in [1.29, 1.82) is 0 Å². The molecule has 1 amide bonds. The lowest BCUT2D eigenvalue weighted by molar-refractivity contribution is -0.182. The maximum absolute atomic E-state index is 12.8. The second kappa shape index (κ2) is 4.95. The van der Waals surface area contributed by atoms with Crippen LogP contribution in [0.5, 0.6) is 0 Å². The largest absolute Gasteiger partial charge is 0.456 e. The number of fused-ring (bicyclic) bond motifs is 2. The first-order valence-corrected chi connectivity index (χ1v) is 8.04. The number of benzene rings is 1. The van der Waals surface area contributed by atoms with Crippen molar-refractivity contribution in [2.45, 2.75) is 50.8 Å². The van der Waals surface area contributed by atoms with Crippen LogP contribution in [0.15, 0.2) is 24.3 Å². The zero-order valence-electron chi connectivity index (χ0n) is 13.7. The standard InChI is InChI=1S/C17H21ClN2O3/c1-15(2)17(4)12(9-16(3,20-17)14(22)23-15)13(21)19-11-7-5-6-10(18)8-11/h5-8,12,20H,9H2,1-4H3,(H,19,21)/t12-,16-,17+/m0/s1. The Morgan fingerprint density at radius 1 is 1.35 bits per heavy atom. The molecule has 3 atom stereocenters. The lowest BCUT2D eigenvalue weighted by Gasteiger charge is -2.48. The summed E-state index contributed by atoms with van der Waals surface area (Å²) in [5.41, 5.74) is -1.61. The molecule has 0 aromatic heterocycles. The summed E-state index contributed by atoms with van der Waals surface area (Å²) in [6.45, 7) is 7.40. The molecule has 0 radical (unpaired) electrons. The number of cyclic esters (lactones) is 1. The Morgan fingerprint density at radius 2 is 2.04 bits per heavy atom. The second-order valence-electron chi connectivity index (χ2n) is 7.32. The summed E-state index contributed by atoms with van der Waals surface area (Å²) in [6.07, 6.45) is 0.401. The van der Waals surface area contributed by atoms with Gasteiger partial charge in [-0.1, -0.05) is 17.7 Å². The van der Waals surface area contributed by atoms with Gasteiger partial charge in [-0.2, -0.15) is 0 Å². The van der Waals surface area contributed by atoms with Crippen LogP contribution in [0.25, 0.3) is 0 Å². The van der Waals surface area contributed by atoms with Crippen molar-refractivity contribution in [2.75, 3.05) is 5.32 Å². The maximum Gasteiger partial charge on any atom is 0.326 e. The topological polar surface area (TPSA) is 67.4 Å². The van der Waals surface area contributed by atoms with Crippen molar-refractivity contribution in [1.82, 2.24) is 5.32 Å². The Balaban J connectivity index is 1.90. The molecule has 0 saturated carbocycles. The van der Waals surface area contributed by atoms with E-state index in [0.29, 0.717) is 17.1 Å². The molecule has 124 valence electrons. The van der Waals surface area contributed by atoms with Gasteiger partial charge >= 0.3 is 5.97 Å². The van der Waals surface area contributed by atoms with E-state index in [1.54, 1.807) is 31.2 Å². The molecule has 0 aliphatic carbocycles. The van der Waals surface area contributed by atoms with Gasteiger partial charge in [-0.15, -0.1) is 0 Å². The van der Waals surface area contributed by atoms with Gasteiger partial charge in [0.25, 0.3) is 0 Å². The van der Waals surface area contributed by atoms with Crippen LogP contribution in [0.4, 0.5) is 5.69 Å². The number of rotatable bonds is 2. The fourth-order valence-electron chi connectivity index (χ4n) is 3.63. The number of hydrogen-bond acceptors (Lipinski definition) is 4. The quantitative estimate of drug-likeness (QED) is 0.815. The van der Waals surface area contributed by atoms with Crippen LogP contribution < -0.4 is 10.6 Å². The number of carbonyl (C=O) groups is 2. The van der Waals surface area contributed by atoms with Crippen LogP contribution in [-0.4, -0.2) is 28.6 Å². The summed E-state index contributed by atoms with van der Waals surface area (Å²) in [7, 11) is 0. The van der Waals surface area contributed by atoms with Gasteiger partial charge in [-0.25, -0.2) is 0 Å². The van der Waals surface area contributed by atoms with E-state index in [4.69, 9.17) is 16.3 Å². The van der Waals surface area contributed by atoms with Gasteiger partial charge in [0.1, 0.15) is 11.1 Å².